The zero-order valence-corrected chi connectivity index (χ0v) is 23.2. The largest absolute Gasteiger partial charge is 0.494 e. The SMILES string of the molecule is CCCCCOc1ccc(C2C(C#N)=C(N)Oc3cc(OC(=O)c4oc5c(C)c(C)ccc5c4C)ccc32)cc1. The predicted molar refractivity (Wildman–Crippen MR) is 153 cm³/mol. The fourth-order valence-electron chi connectivity index (χ4n) is 5.01. The molecule has 5 rings (SSSR count). The van der Waals surface area contributed by atoms with Crippen LogP contribution in [0.4, 0.5) is 0 Å². The number of benzene rings is 3. The molecule has 40 heavy (non-hydrogen) atoms. The molecule has 7 heteroatoms. The number of ether oxygens (including phenoxy) is 3. The lowest BCUT2D eigenvalue weighted by atomic mass is 9.83. The minimum Gasteiger partial charge on any atom is -0.494 e. The zero-order valence-electron chi connectivity index (χ0n) is 23.2. The highest BCUT2D eigenvalue weighted by atomic mass is 16.5. The molecule has 1 atom stereocenters. The van der Waals surface area contributed by atoms with Crippen LogP contribution in [0, 0.1) is 32.1 Å². The van der Waals surface area contributed by atoms with E-state index in [1.807, 2.05) is 57.2 Å². The molecule has 0 saturated heterocycles. The molecule has 4 aromatic rings. The molecule has 3 aromatic carbocycles. The second kappa shape index (κ2) is 11.2. The topological polar surface area (TPSA) is 108 Å². The lowest BCUT2D eigenvalue weighted by Crippen LogP contribution is -2.21. The van der Waals surface area contributed by atoms with Crippen molar-refractivity contribution in [3.8, 4) is 23.3 Å². The van der Waals surface area contributed by atoms with Crippen LogP contribution in [0.3, 0.4) is 0 Å². The Bertz CT molecular complexity index is 1660. The second-order valence-corrected chi connectivity index (χ2v) is 10.1. The van der Waals surface area contributed by atoms with Gasteiger partial charge < -0.3 is 24.4 Å². The summed E-state index contributed by atoms with van der Waals surface area (Å²) in [7, 11) is 0. The number of nitrogens with two attached hydrogens (primary N) is 1. The minimum atomic E-state index is -0.603. The first-order valence-corrected chi connectivity index (χ1v) is 13.5. The summed E-state index contributed by atoms with van der Waals surface area (Å²) in [5.41, 5.74) is 11.6. The maximum absolute atomic E-state index is 13.1. The Hall–Kier alpha value is -4.70. The standard InChI is InChI=1S/C33H32N2O5/c1-5-6-7-16-37-23-11-9-22(10-12-23)29-26-15-13-24(17-28(26)39-32(35)27(29)18-34)38-33(36)31-21(4)25-14-8-19(2)20(3)30(25)40-31/h8-15,17,29H,5-7,16,35H2,1-4H3. The molecule has 1 aromatic heterocycles. The first-order valence-electron chi connectivity index (χ1n) is 13.5. The van der Waals surface area contributed by atoms with Crippen molar-refractivity contribution in [2.75, 3.05) is 6.61 Å². The molecule has 0 spiro atoms. The summed E-state index contributed by atoms with van der Waals surface area (Å²) in [5, 5.41) is 10.8. The third-order valence-corrected chi connectivity index (χ3v) is 7.44. The molecule has 2 N–H and O–H groups in total. The van der Waals surface area contributed by atoms with Gasteiger partial charge in [-0.3, -0.25) is 0 Å². The molecular formula is C33H32N2O5. The van der Waals surface area contributed by atoms with Crippen molar-refractivity contribution < 1.29 is 23.4 Å². The number of hydrogen-bond acceptors (Lipinski definition) is 7. The average molecular weight is 537 g/mol. The van der Waals surface area contributed by atoms with E-state index in [0.29, 0.717) is 23.5 Å². The number of nitriles is 1. The number of unbranched alkanes of at least 4 members (excludes halogenated alkanes) is 2. The summed E-state index contributed by atoms with van der Waals surface area (Å²) in [6, 6.07) is 18.9. The van der Waals surface area contributed by atoms with E-state index in [9.17, 15) is 10.1 Å². The zero-order chi connectivity index (χ0) is 28.4. The van der Waals surface area contributed by atoms with E-state index in [2.05, 4.69) is 13.0 Å². The van der Waals surface area contributed by atoms with Crippen molar-refractivity contribution in [1.29, 1.82) is 5.26 Å². The van der Waals surface area contributed by atoms with Gasteiger partial charge in [0.2, 0.25) is 11.6 Å². The van der Waals surface area contributed by atoms with Gasteiger partial charge in [0.15, 0.2) is 0 Å². The summed E-state index contributed by atoms with van der Waals surface area (Å²) >= 11 is 0. The Morgan fingerprint density at radius 3 is 2.48 bits per heavy atom. The highest BCUT2D eigenvalue weighted by molar-refractivity contribution is 5.98. The maximum Gasteiger partial charge on any atom is 0.379 e. The second-order valence-electron chi connectivity index (χ2n) is 10.1. The smallest absolute Gasteiger partial charge is 0.379 e. The van der Waals surface area contributed by atoms with Crippen molar-refractivity contribution in [2.24, 2.45) is 5.73 Å². The van der Waals surface area contributed by atoms with Gasteiger partial charge >= 0.3 is 5.97 Å². The van der Waals surface area contributed by atoms with Crippen LogP contribution in [-0.2, 0) is 0 Å². The van der Waals surface area contributed by atoms with Crippen molar-refractivity contribution in [3.05, 3.63) is 99.6 Å². The van der Waals surface area contributed by atoms with Crippen LogP contribution in [0.25, 0.3) is 11.0 Å². The monoisotopic (exact) mass is 536 g/mol. The Balaban J connectivity index is 1.41. The molecule has 0 amide bonds. The van der Waals surface area contributed by atoms with E-state index >= 15 is 0 Å². The minimum absolute atomic E-state index is 0.0161. The summed E-state index contributed by atoms with van der Waals surface area (Å²) in [4.78, 5) is 13.1. The van der Waals surface area contributed by atoms with Crippen molar-refractivity contribution in [1.82, 2.24) is 0 Å². The number of nitrogens with zero attached hydrogens (tertiary/aromatic N) is 1. The van der Waals surface area contributed by atoms with Crippen LogP contribution in [0.5, 0.6) is 17.2 Å². The Morgan fingerprint density at radius 1 is 1.00 bits per heavy atom. The van der Waals surface area contributed by atoms with Crippen LogP contribution >= 0.6 is 0 Å². The van der Waals surface area contributed by atoms with Gasteiger partial charge in [0.05, 0.1) is 12.5 Å². The highest BCUT2D eigenvalue weighted by Gasteiger charge is 2.31. The number of carbonyl (C=O) groups is 1. The first kappa shape index (κ1) is 26.9. The van der Waals surface area contributed by atoms with Gasteiger partial charge in [-0.05, 0) is 62.1 Å². The van der Waals surface area contributed by atoms with Gasteiger partial charge in [-0.1, -0.05) is 50.1 Å². The van der Waals surface area contributed by atoms with Crippen molar-refractivity contribution >= 4 is 16.9 Å². The summed E-state index contributed by atoms with van der Waals surface area (Å²) < 4.78 is 23.3. The maximum atomic E-state index is 13.1. The van der Waals surface area contributed by atoms with Crippen LogP contribution in [-0.4, -0.2) is 12.6 Å². The number of fused-ring (bicyclic) bond motifs is 2. The molecule has 0 saturated carbocycles. The number of allylic oxidation sites excluding steroid dienone is 1. The lowest BCUT2D eigenvalue weighted by Gasteiger charge is -2.26. The Morgan fingerprint density at radius 2 is 1.75 bits per heavy atom. The van der Waals surface area contributed by atoms with Crippen LogP contribution in [0.2, 0.25) is 0 Å². The normalized spacial score (nSPS) is 14.4. The molecule has 0 bridgehead atoms. The lowest BCUT2D eigenvalue weighted by molar-refractivity contribution is 0.0702. The fraction of sp³-hybridized carbons (Fsp3) is 0.273. The third kappa shape index (κ3) is 5.01. The van der Waals surface area contributed by atoms with E-state index in [4.69, 9.17) is 24.4 Å². The van der Waals surface area contributed by atoms with Gasteiger partial charge in [0.25, 0.3) is 0 Å². The van der Waals surface area contributed by atoms with Gasteiger partial charge in [0, 0.05) is 22.6 Å². The molecule has 0 fully saturated rings. The molecule has 7 nitrogen and oxygen atoms in total. The summed E-state index contributed by atoms with van der Waals surface area (Å²) in [5.74, 6) is 0.603. The number of hydrogen-bond donors (Lipinski definition) is 1. The Kier molecular flexibility index (Phi) is 7.52. The number of carbonyl (C=O) groups excluding carboxylic acids is 1. The molecule has 0 aliphatic carbocycles. The summed E-state index contributed by atoms with van der Waals surface area (Å²) in [6.07, 6.45) is 3.27. The molecule has 2 heterocycles. The molecule has 1 unspecified atom stereocenters. The van der Waals surface area contributed by atoms with E-state index in [1.54, 1.807) is 18.2 Å². The van der Waals surface area contributed by atoms with Crippen LogP contribution < -0.4 is 19.9 Å². The number of rotatable bonds is 8. The van der Waals surface area contributed by atoms with Crippen LogP contribution in [0.1, 0.15) is 70.5 Å². The number of esters is 1. The van der Waals surface area contributed by atoms with E-state index in [1.165, 1.54) is 0 Å². The van der Waals surface area contributed by atoms with Crippen molar-refractivity contribution in [3.63, 3.8) is 0 Å². The Labute approximate surface area is 233 Å². The predicted octanol–water partition coefficient (Wildman–Crippen LogP) is 7.36. The van der Waals surface area contributed by atoms with Gasteiger partial charge in [-0.15, -0.1) is 0 Å². The summed E-state index contributed by atoms with van der Waals surface area (Å²) in [6.45, 7) is 8.63. The van der Waals surface area contributed by atoms with Gasteiger partial charge in [-0.2, -0.15) is 5.26 Å². The fourth-order valence-corrected chi connectivity index (χ4v) is 5.01. The molecule has 1 aliphatic heterocycles. The van der Waals surface area contributed by atoms with E-state index in [0.717, 1.165) is 58.2 Å². The molecule has 0 radical (unpaired) electrons. The molecule has 204 valence electrons. The molecule has 1 aliphatic rings. The highest BCUT2D eigenvalue weighted by Crippen LogP contribution is 2.44. The van der Waals surface area contributed by atoms with Crippen LogP contribution in [0.15, 0.2) is 70.5 Å². The van der Waals surface area contributed by atoms with Gasteiger partial charge in [0.1, 0.15) is 34.5 Å². The average Bonchev–Trinajstić information content (AvgIpc) is 3.29. The van der Waals surface area contributed by atoms with Crippen molar-refractivity contribution in [2.45, 2.75) is 52.9 Å². The van der Waals surface area contributed by atoms with E-state index in [-0.39, 0.29) is 17.4 Å². The molecular weight excluding hydrogens is 504 g/mol. The van der Waals surface area contributed by atoms with E-state index < -0.39 is 11.9 Å². The quantitative estimate of drug-likeness (QED) is 0.142. The number of furan rings is 1. The third-order valence-electron chi connectivity index (χ3n) is 7.44. The van der Waals surface area contributed by atoms with Gasteiger partial charge in [-0.25, -0.2) is 4.79 Å². The number of aryl methyl sites for hydroxylation is 3. The first-order chi connectivity index (χ1) is 19.3.